The third-order valence-electron chi connectivity index (χ3n) is 4.57. The molecule has 0 aliphatic heterocycles. The minimum Gasteiger partial charge on any atom is -0.258 e. The van der Waals surface area contributed by atoms with Gasteiger partial charge in [-0.1, -0.05) is 25.5 Å². The molecule has 0 radical (unpaired) electrons. The fourth-order valence-corrected chi connectivity index (χ4v) is 3.09. The Balaban J connectivity index is 2.07. The van der Waals surface area contributed by atoms with Crippen LogP contribution in [0.5, 0.6) is 0 Å². The summed E-state index contributed by atoms with van der Waals surface area (Å²) in [5, 5.41) is 20.2. The van der Waals surface area contributed by atoms with E-state index in [0.29, 0.717) is 6.42 Å². The van der Waals surface area contributed by atoms with Gasteiger partial charge in [0.1, 0.15) is 0 Å². The number of nitro benzene ring substituents is 1. The van der Waals surface area contributed by atoms with Crippen LogP contribution in [0.15, 0.2) is 24.3 Å². The molecule has 0 N–H and O–H groups in total. The molecule has 1 aromatic carbocycles. The van der Waals surface area contributed by atoms with E-state index >= 15 is 0 Å². The Hall–Kier alpha value is -1.89. The number of rotatable bonds is 4. The lowest BCUT2D eigenvalue weighted by Gasteiger charge is -2.34. The standard InChI is InChI=1S/C16H20N2O2/c1-2-13-7-9-16(12-17,10-8-13)11-14-3-5-15(6-4-14)18(19)20/h3-6,13H,2,7-11H2,1H3. The molecule has 1 saturated carbocycles. The van der Waals surface area contributed by atoms with Crippen molar-refractivity contribution in [1.82, 2.24) is 0 Å². The van der Waals surface area contributed by atoms with Gasteiger partial charge < -0.3 is 0 Å². The number of nitrogens with zero attached hydrogens (tertiary/aromatic N) is 2. The predicted octanol–water partition coefficient (Wildman–Crippen LogP) is 4.25. The maximum atomic E-state index is 10.6. The average Bonchev–Trinajstić information content (AvgIpc) is 2.48. The Kier molecular flexibility index (Phi) is 4.39. The summed E-state index contributed by atoms with van der Waals surface area (Å²) in [5.74, 6) is 0.758. The van der Waals surface area contributed by atoms with Gasteiger partial charge in [0.15, 0.2) is 0 Å². The zero-order valence-corrected chi connectivity index (χ0v) is 11.8. The van der Waals surface area contributed by atoms with Crippen LogP contribution >= 0.6 is 0 Å². The summed E-state index contributed by atoms with van der Waals surface area (Å²) >= 11 is 0. The van der Waals surface area contributed by atoms with Crippen molar-refractivity contribution in [3.63, 3.8) is 0 Å². The van der Waals surface area contributed by atoms with Gasteiger partial charge in [0, 0.05) is 12.1 Å². The summed E-state index contributed by atoms with van der Waals surface area (Å²) in [4.78, 5) is 10.3. The Morgan fingerprint density at radius 3 is 2.40 bits per heavy atom. The van der Waals surface area contributed by atoms with Crippen LogP contribution in [0.3, 0.4) is 0 Å². The summed E-state index contributed by atoms with van der Waals surface area (Å²) in [6.45, 7) is 2.21. The Bertz CT molecular complexity index is 508. The molecule has 0 heterocycles. The zero-order chi connectivity index (χ0) is 14.6. The average molecular weight is 272 g/mol. The van der Waals surface area contributed by atoms with Gasteiger partial charge in [0.2, 0.25) is 0 Å². The van der Waals surface area contributed by atoms with Gasteiger partial charge in [-0.25, -0.2) is 0 Å². The quantitative estimate of drug-likeness (QED) is 0.608. The van der Waals surface area contributed by atoms with Crippen molar-refractivity contribution in [3.8, 4) is 6.07 Å². The maximum Gasteiger partial charge on any atom is 0.269 e. The minimum atomic E-state index is -0.393. The topological polar surface area (TPSA) is 66.9 Å². The summed E-state index contributed by atoms with van der Waals surface area (Å²) in [7, 11) is 0. The lowest BCUT2D eigenvalue weighted by molar-refractivity contribution is -0.384. The van der Waals surface area contributed by atoms with Crippen LogP contribution in [0.2, 0.25) is 0 Å². The smallest absolute Gasteiger partial charge is 0.258 e. The molecule has 106 valence electrons. The van der Waals surface area contributed by atoms with Crippen molar-refractivity contribution in [2.75, 3.05) is 0 Å². The van der Waals surface area contributed by atoms with Gasteiger partial charge in [0.25, 0.3) is 5.69 Å². The van der Waals surface area contributed by atoms with Crippen LogP contribution in [0.4, 0.5) is 5.69 Å². The highest BCUT2D eigenvalue weighted by Crippen LogP contribution is 2.42. The van der Waals surface area contributed by atoms with E-state index in [2.05, 4.69) is 13.0 Å². The van der Waals surface area contributed by atoms with Gasteiger partial charge in [-0.2, -0.15) is 5.26 Å². The first-order valence-corrected chi connectivity index (χ1v) is 7.23. The summed E-state index contributed by atoms with van der Waals surface area (Å²) in [6.07, 6.45) is 6.03. The molecule has 0 bridgehead atoms. The molecule has 1 aromatic rings. The molecule has 0 aromatic heterocycles. The molecule has 0 atom stereocenters. The molecule has 0 amide bonds. The van der Waals surface area contributed by atoms with E-state index in [1.54, 1.807) is 12.1 Å². The molecule has 1 aliphatic carbocycles. The first-order chi connectivity index (χ1) is 9.58. The molecule has 20 heavy (non-hydrogen) atoms. The third-order valence-corrected chi connectivity index (χ3v) is 4.57. The van der Waals surface area contributed by atoms with E-state index in [0.717, 1.165) is 37.2 Å². The lowest BCUT2D eigenvalue weighted by Crippen LogP contribution is -2.28. The second-order valence-corrected chi connectivity index (χ2v) is 5.84. The number of hydrogen-bond acceptors (Lipinski definition) is 3. The molecule has 0 spiro atoms. The molecule has 1 fully saturated rings. The first kappa shape index (κ1) is 14.5. The first-order valence-electron chi connectivity index (χ1n) is 7.23. The van der Waals surface area contributed by atoms with E-state index in [9.17, 15) is 15.4 Å². The largest absolute Gasteiger partial charge is 0.269 e. The highest BCUT2D eigenvalue weighted by molar-refractivity contribution is 5.33. The van der Waals surface area contributed by atoms with E-state index in [-0.39, 0.29) is 11.1 Å². The van der Waals surface area contributed by atoms with E-state index < -0.39 is 4.92 Å². The Labute approximate surface area is 119 Å². The van der Waals surface area contributed by atoms with E-state index in [1.807, 2.05) is 0 Å². The highest BCUT2D eigenvalue weighted by atomic mass is 16.6. The summed E-state index contributed by atoms with van der Waals surface area (Å²) < 4.78 is 0. The number of benzene rings is 1. The number of non-ortho nitro benzene ring substituents is 1. The predicted molar refractivity (Wildman–Crippen MR) is 77.1 cm³/mol. The normalized spacial score (nSPS) is 25.9. The van der Waals surface area contributed by atoms with Gasteiger partial charge in [-0.15, -0.1) is 0 Å². The molecule has 4 heteroatoms. The maximum absolute atomic E-state index is 10.6. The highest BCUT2D eigenvalue weighted by Gasteiger charge is 2.35. The van der Waals surface area contributed by atoms with Crippen LogP contribution in [-0.4, -0.2) is 4.92 Å². The van der Waals surface area contributed by atoms with E-state index in [1.165, 1.54) is 18.6 Å². The van der Waals surface area contributed by atoms with Gasteiger partial charge in [-0.05, 0) is 43.6 Å². The van der Waals surface area contributed by atoms with Crippen LogP contribution in [0, 0.1) is 32.8 Å². The molecule has 0 saturated heterocycles. The third kappa shape index (κ3) is 3.16. The van der Waals surface area contributed by atoms with Crippen LogP contribution in [0.1, 0.15) is 44.6 Å². The molecular formula is C16H20N2O2. The van der Waals surface area contributed by atoms with Gasteiger partial charge in [-0.3, -0.25) is 10.1 Å². The van der Waals surface area contributed by atoms with Crippen molar-refractivity contribution in [3.05, 3.63) is 39.9 Å². The van der Waals surface area contributed by atoms with Crippen molar-refractivity contribution >= 4 is 5.69 Å². The Morgan fingerprint density at radius 1 is 1.35 bits per heavy atom. The fraction of sp³-hybridized carbons (Fsp3) is 0.562. The molecule has 2 rings (SSSR count). The number of hydrogen-bond donors (Lipinski definition) is 0. The van der Waals surface area contributed by atoms with Crippen molar-refractivity contribution in [1.29, 1.82) is 5.26 Å². The van der Waals surface area contributed by atoms with Crippen LogP contribution < -0.4 is 0 Å². The van der Waals surface area contributed by atoms with Crippen molar-refractivity contribution in [2.45, 2.75) is 45.4 Å². The van der Waals surface area contributed by atoms with Gasteiger partial charge in [0.05, 0.1) is 16.4 Å². The summed E-state index contributed by atoms with van der Waals surface area (Å²) in [6, 6.07) is 9.13. The van der Waals surface area contributed by atoms with Gasteiger partial charge >= 0.3 is 0 Å². The van der Waals surface area contributed by atoms with E-state index in [4.69, 9.17) is 0 Å². The van der Waals surface area contributed by atoms with Crippen molar-refractivity contribution < 1.29 is 4.92 Å². The van der Waals surface area contributed by atoms with Crippen LogP contribution in [-0.2, 0) is 6.42 Å². The molecule has 4 nitrogen and oxygen atoms in total. The second-order valence-electron chi connectivity index (χ2n) is 5.84. The second kappa shape index (κ2) is 6.04. The zero-order valence-electron chi connectivity index (χ0n) is 11.8. The molecular weight excluding hydrogens is 252 g/mol. The monoisotopic (exact) mass is 272 g/mol. The Morgan fingerprint density at radius 2 is 1.95 bits per heavy atom. The summed E-state index contributed by atoms with van der Waals surface area (Å²) in [5.41, 5.74) is 0.850. The fourth-order valence-electron chi connectivity index (χ4n) is 3.09. The lowest BCUT2D eigenvalue weighted by atomic mass is 9.68. The SMILES string of the molecule is CCC1CCC(C#N)(Cc2ccc([N+](=O)[O-])cc2)CC1. The number of nitriles is 1. The van der Waals surface area contributed by atoms with Crippen LogP contribution in [0.25, 0.3) is 0 Å². The number of nitro groups is 1. The molecule has 0 unspecified atom stereocenters. The minimum absolute atomic E-state index is 0.106. The molecule has 1 aliphatic rings. The van der Waals surface area contributed by atoms with Crippen molar-refractivity contribution in [2.24, 2.45) is 11.3 Å².